The fourth-order valence-corrected chi connectivity index (χ4v) is 2.78. The van der Waals surface area contributed by atoms with Crippen LogP contribution in [0.1, 0.15) is 37.6 Å². The maximum absolute atomic E-state index is 6.51. The molecular formula is C13H22ClN3O. The number of aryl methyl sites for hydroxylation is 2. The minimum absolute atomic E-state index is 0.209. The van der Waals surface area contributed by atoms with E-state index < -0.39 is 0 Å². The molecule has 0 bridgehead atoms. The average molecular weight is 272 g/mol. The minimum Gasteiger partial charge on any atom is -0.381 e. The Bertz CT molecular complexity index is 409. The summed E-state index contributed by atoms with van der Waals surface area (Å²) in [5, 5.41) is 5.22. The molecule has 102 valence electrons. The zero-order valence-electron chi connectivity index (χ0n) is 11.2. The Morgan fingerprint density at radius 3 is 2.94 bits per heavy atom. The lowest BCUT2D eigenvalue weighted by Crippen LogP contribution is -2.43. The fourth-order valence-electron chi connectivity index (χ4n) is 2.58. The van der Waals surface area contributed by atoms with Crippen LogP contribution in [-0.4, -0.2) is 28.5 Å². The molecule has 1 aliphatic heterocycles. The van der Waals surface area contributed by atoms with Crippen molar-refractivity contribution in [3.05, 3.63) is 16.4 Å². The predicted molar refractivity (Wildman–Crippen MR) is 72.9 cm³/mol. The Hall–Kier alpha value is -0.580. The number of hydrogen-bond acceptors (Lipinski definition) is 3. The van der Waals surface area contributed by atoms with Crippen LogP contribution in [0.25, 0.3) is 0 Å². The van der Waals surface area contributed by atoms with E-state index in [4.69, 9.17) is 22.1 Å². The molecule has 1 fully saturated rings. The van der Waals surface area contributed by atoms with Gasteiger partial charge in [0.1, 0.15) is 0 Å². The van der Waals surface area contributed by atoms with Crippen LogP contribution in [0.3, 0.4) is 0 Å². The molecule has 1 saturated heterocycles. The van der Waals surface area contributed by atoms with Crippen LogP contribution >= 0.6 is 11.6 Å². The zero-order valence-corrected chi connectivity index (χ0v) is 12.0. The Morgan fingerprint density at radius 2 is 2.22 bits per heavy atom. The zero-order chi connectivity index (χ0) is 13.2. The molecule has 18 heavy (non-hydrogen) atoms. The maximum atomic E-state index is 6.51. The van der Waals surface area contributed by atoms with Gasteiger partial charge < -0.3 is 10.5 Å². The summed E-state index contributed by atoms with van der Waals surface area (Å²) in [7, 11) is 0. The van der Waals surface area contributed by atoms with Gasteiger partial charge in [0.25, 0.3) is 0 Å². The first-order valence-electron chi connectivity index (χ1n) is 6.64. The number of rotatable bonds is 3. The van der Waals surface area contributed by atoms with Gasteiger partial charge in [0.2, 0.25) is 0 Å². The molecular weight excluding hydrogens is 250 g/mol. The van der Waals surface area contributed by atoms with Gasteiger partial charge in [0.15, 0.2) is 0 Å². The number of nitrogens with zero attached hydrogens (tertiary/aromatic N) is 2. The topological polar surface area (TPSA) is 53.1 Å². The fraction of sp³-hybridized carbons (Fsp3) is 0.769. The summed E-state index contributed by atoms with van der Waals surface area (Å²) >= 11 is 6.34. The van der Waals surface area contributed by atoms with Crippen LogP contribution < -0.4 is 5.73 Å². The van der Waals surface area contributed by atoms with Crippen LogP contribution in [0, 0.1) is 6.92 Å². The molecule has 0 saturated carbocycles. The summed E-state index contributed by atoms with van der Waals surface area (Å²) in [6.07, 6.45) is 3.67. The highest BCUT2D eigenvalue weighted by Gasteiger charge is 2.29. The molecule has 0 aromatic carbocycles. The summed E-state index contributed by atoms with van der Waals surface area (Å²) in [6, 6.07) is 0. The molecule has 0 spiro atoms. The Balaban J connectivity index is 2.21. The van der Waals surface area contributed by atoms with Gasteiger partial charge >= 0.3 is 0 Å². The first-order chi connectivity index (χ1) is 8.56. The second kappa shape index (κ2) is 5.59. The van der Waals surface area contributed by atoms with Crippen molar-refractivity contribution in [2.75, 3.05) is 13.2 Å². The van der Waals surface area contributed by atoms with Gasteiger partial charge in [-0.25, -0.2) is 0 Å². The summed E-state index contributed by atoms with van der Waals surface area (Å²) < 4.78 is 7.45. The third-order valence-corrected chi connectivity index (χ3v) is 4.17. The first-order valence-corrected chi connectivity index (χ1v) is 7.02. The molecule has 1 aromatic heterocycles. The monoisotopic (exact) mass is 271 g/mol. The van der Waals surface area contributed by atoms with E-state index in [-0.39, 0.29) is 5.54 Å². The average Bonchev–Trinajstić information content (AvgIpc) is 2.54. The van der Waals surface area contributed by atoms with Crippen molar-refractivity contribution in [1.82, 2.24) is 9.78 Å². The van der Waals surface area contributed by atoms with Gasteiger partial charge in [-0.05, 0) is 33.1 Å². The van der Waals surface area contributed by atoms with Gasteiger partial charge in [-0.3, -0.25) is 4.68 Å². The van der Waals surface area contributed by atoms with Crippen molar-refractivity contribution >= 4 is 11.6 Å². The van der Waals surface area contributed by atoms with Gasteiger partial charge in [0, 0.05) is 31.7 Å². The third kappa shape index (κ3) is 2.87. The number of halogens is 1. The highest BCUT2D eigenvalue weighted by molar-refractivity contribution is 6.31. The largest absolute Gasteiger partial charge is 0.381 e. The molecule has 4 nitrogen and oxygen atoms in total. The molecule has 2 heterocycles. The lowest BCUT2D eigenvalue weighted by Gasteiger charge is -2.27. The van der Waals surface area contributed by atoms with Crippen molar-refractivity contribution in [2.24, 2.45) is 5.73 Å². The number of aromatic nitrogens is 2. The molecule has 5 heteroatoms. The molecule has 1 aromatic rings. The van der Waals surface area contributed by atoms with E-state index in [1.165, 1.54) is 0 Å². The second-order valence-corrected chi connectivity index (χ2v) is 5.54. The van der Waals surface area contributed by atoms with E-state index in [0.717, 1.165) is 61.9 Å². The maximum Gasteiger partial charge on any atom is 0.0847 e. The molecule has 1 unspecified atom stereocenters. The highest BCUT2D eigenvalue weighted by atomic mass is 35.5. The summed E-state index contributed by atoms with van der Waals surface area (Å²) in [5.41, 5.74) is 8.27. The Morgan fingerprint density at radius 1 is 1.44 bits per heavy atom. The van der Waals surface area contributed by atoms with Crippen molar-refractivity contribution in [1.29, 1.82) is 0 Å². The lowest BCUT2D eigenvalue weighted by atomic mass is 9.87. The summed E-state index contributed by atoms with van der Waals surface area (Å²) in [5.74, 6) is 0. The molecule has 0 radical (unpaired) electrons. The SMILES string of the molecule is CCn1nc(C)c(Cl)c1CC1(N)CCCOCC1. The van der Waals surface area contributed by atoms with Crippen molar-refractivity contribution in [3.63, 3.8) is 0 Å². The van der Waals surface area contributed by atoms with Crippen LogP contribution in [0.2, 0.25) is 5.02 Å². The first kappa shape index (κ1) is 13.8. The molecule has 2 rings (SSSR count). The number of ether oxygens (including phenoxy) is 1. The van der Waals surface area contributed by atoms with Crippen LogP contribution in [-0.2, 0) is 17.7 Å². The lowest BCUT2D eigenvalue weighted by molar-refractivity contribution is 0.139. The van der Waals surface area contributed by atoms with Crippen molar-refractivity contribution < 1.29 is 4.74 Å². The van der Waals surface area contributed by atoms with E-state index in [1.807, 2.05) is 11.6 Å². The molecule has 0 amide bonds. The van der Waals surface area contributed by atoms with Gasteiger partial charge in [0.05, 0.1) is 16.4 Å². The van der Waals surface area contributed by atoms with Crippen LogP contribution in [0.4, 0.5) is 0 Å². The smallest absolute Gasteiger partial charge is 0.0847 e. The standard InChI is InChI=1S/C13H22ClN3O/c1-3-17-11(12(14)10(2)16-17)9-13(15)5-4-7-18-8-6-13/h3-9,15H2,1-2H3. The Labute approximate surface area is 113 Å². The van der Waals surface area contributed by atoms with Crippen molar-refractivity contribution in [3.8, 4) is 0 Å². The Kier molecular flexibility index (Phi) is 4.30. The van der Waals surface area contributed by atoms with Gasteiger partial charge in [-0.1, -0.05) is 11.6 Å². The van der Waals surface area contributed by atoms with Crippen molar-refractivity contribution in [2.45, 2.75) is 51.6 Å². The molecule has 1 aliphatic rings. The van der Waals surface area contributed by atoms with E-state index in [9.17, 15) is 0 Å². The molecule has 0 aliphatic carbocycles. The van der Waals surface area contributed by atoms with Crippen LogP contribution in [0.5, 0.6) is 0 Å². The van der Waals surface area contributed by atoms with E-state index >= 15 is 0 Å². The number of nitrogens with two attached hydrogens (primary N) is 1. The highest BCUT2D eigenvalue weighted by Crippen LogP contribution is 2.28. The second-order valence-electron chi connectivity index (χ2n) is 5.17. The molecule has 2 N–H and O–H groups in total. The predicted octanol–water partition coefficient (Wildman–Crippen LogP) is 2.31. The minimum atomic E-state index is -0.209. The summed E-state index contributed by atoms with van der Waals surface area (Å²) in [4.78, 5) is 0. The normalized spacial score (nSPS) is 25.1. The van der Waals surface area contributed by atoms with Crippen LogP contribution in [0.15, 0.2) is 0 Å². The third-order valence-electron chi connectivity index (χ3n) is 3.68. The van der Waals surface area contributed by atoms with Gasteiger partial charge in [-0.15, -0.1) is 0 Å². The van der Waals surface area contributed by atoms with Gasteiger partial charge in [-0.2, -0.15) is 5.10 Å². The van der Waals surface area contributed by atoms with E-state index in [1.54, 1.807) is 0 Å². The summed E-state index contributed by atoms with van der Waals surface area (Å²) in [6.45, 7) is 6.41. The molecule has 1 atom stereocenters. The quantitative estimate of drug-likeness (QED) is 0.918. The van der Waals surface area contributed by atoms with E-state index in [2.05, 4.69) is 12.0 Å². The van der Waals surface area contributed by atoms with E-state index in [0.29, 0.717) is 0 Å². The number of hydrogen-bond donors (Lipinski definition) is 1.